The number of esters is 2. The summed E-state index contributed by atoms with van der Waals surface area (Å²) < 4.78 is 34.4. The van der Waals surface area contributed by atoms with E-state index in [4.69, 9.17) is 18.5 Å². The van der Waals surface area contributed by atoms with Crippen LogP contribution in [0.25, 0.3) is 0 Å². The van der Waals surface area contributed by atoms with Crippen LogP contribution in [-0.2, 0) is 32.7 Å². The van der Waals surface area contributed by atoms with Gasteiger partial charge in [0, 0.05) is 24.7 Å². The zero-order valence-electron chi connectivity index (χ0n) is 37.6. The number of fused-ring (bicyclic) bond motifs is 4. The number of phosphoric ester groups is 1. The summed E-state index contributed by atoms with van der Waals surface area (Å²) in [6, 6.07) is 0. The van der Waals surface area contributed by atoms with Crippen LogP contribution in [-0.4, -0.2) is 132 Å². The molecule has 0 aromatic heterocycles. The van der Waals surface area contributed by atoms with Crippen molar-refractivity contribution in [2.24, 2.45) is 11.8 Å². The standard InChI is InChI=1S/C47H77O16P/c1-3-5-7-8-9-10-11-12-13-14-15-16-17-18-19-20-22-28-41(52)62-35-32-60-40(51)27-24-23-26-36-38(49)31-39(50)37(30-29-34(48)25-21-6-4-2)43(54)45(56)47(46(57)44(55)42(36)53)63-64(58,59)61-33-35/h9-10,12-13,15-16,18-19,23-24,29-30,34-39,42-50,53-57H,3-8,11,14,17,20-22,25-28,31-33H2,1-2H3,(H,58,59)/b10-9-,13-12-,16-15-,19-18-,24-23-,30-29+/t34-,35-,36-,37+,38+,39-,42-,43-,44+,45-,46-,47-/m1/s1. The van der Waals surface area contributed by atoms with Gasteiger partial charge in [0.15, 0.2) is 6.10 Å². The molecule has 9 N–H and O–H groups in total. The Hall–Kier alpha value is -2.83. The molecule has 0 saturated heterocycles. The highest BCUT2D eigenvalue weighted by Crippen LogP contribution is 2.47. The highest BCUT2D eigenvalue weighted by molar-refractivity contribution is 7.47. The topological polar surface area (TPSA) is 270 Å². The Bertz CT molecular complexity index is 1530. The lowest BCUT2D eigenvalue weighted by molar-refractivity contribution is -0.166. The predicted molar refractivity (Wildman–Crippen MR) is 241 cm³/mol. The van der Waals surface area contributed by atoms with Crippen molar-refractivity contribution in [1.29, 1.82) is 0 Å². The van der Waals surface area contributed by atoms with E-state index in [9.17, 15) is 59.9 Å². The molecule has 0 aromatic carbocycles. The third-order valence-electron chi connectivity index (χ3n) is 11.1. The van der Waals surface area contributed by atoms with Crippen molar-refractivity contribution >= 4 is 19.8 Å². The molecule has 1 saturated carbocycles. The summed E-state index contributed by atoms with van der Waals surface area (Å²) in [6.07, 6.45) is 12.5. The molecule has 2 aliphatic rings. The number of carbonyl (C=O) groups is 2. The average molecular weight is 929 g/mol. The Labute approximate surface area is 379 Å². The van der Waals surface area contributed by atoms with Gasteiger partial charge in [-0.2, -0.15) is 0 Å². The van der Waals surface area contributed by atoms with E-state index in [-0.39, 0.29) is 19.3 Å². The minimum absolute atomic E-state index is 0.0543. The minimum atomic E-state index is -5.45. The van der Waals surface area contributed by atoms with E-state index in [1.165, 1.54) is 43.6 Å². The van der Waals surface area contributed by atoms with Crippen molar-refractivity contribution < 1.29 is 78.4 Å². The number of cyclic esters (lactones) is 1. The van der Waals surface area contributed by atoms with Gasteiger partial charge < -0.3 is 55.2 Å². The van der Waals surface area contributed by atoms with Gasteiger partial charge in [0.1, 0.15) is 31.0 Å². The van der Waals surface area contributed by atoms with Crippen LogP contribution < -0.4 is 0 Å². The Morgan fingerprint density at radius 1 is 0.766 bits per heavy atom. The van der Waals surface area contributed by atoms with E-state index in [0.29, 0.717) is 25.7 Å². The molecular formula is C47H77O16P. The summed E-state index contributed by atoms with van der Waals surface area (Å²) in [5, 5.41) is 89.6. The van der Waals surface area contributed by atoms with Crippen LogP contribution in [0.15, 0.2) is 72.9 Å². The molecule has 1 heterocycles. The molecule has 16 nitrogen and oxygen atoms in total. The van der Waals surface area contributed by atoms with E-state index in [0.717, 1.165) is 38.5 Å². The van der Waals surface area contributed by atoms with E-state index in [1.807, 2.05) is 25.2 Å². The lowest BCUT2D eigenvalue weighted by Crippen LogP contribution is -2.55. The van der Waals surface area contributed by atoms with Gasteiger partial charge in [0.05, 0.1) is 43.5 Å². The van der Waals surface area contributed by atoms with E-state index in [1.54, 1.807) is 0 Å². The van der Waals surface area contributed by atoms with Crippen molar-refractivity contribution in [3.8, 4) is 0 Å². The molecule has 0 aromatic rings. The SMILES string of the molecule is CCCCC/C=C\C/C=C\C/C=C\C/C=C\CCCC(=O)O[C@@H]1COC(=O)C/C=C\C[C@H]2[C@@H](O)[C@H](O)[C@@H](O)[C@H](OP(=O)(O)OC1)[C@H](O)[C@H](O)[C@@H](/C=C/[C@H](O)CCCCC)[C@H](O)C[C@@H]2O. The second-order valence-electron chi connectivity index (χ2n) is 16.5. The zero-order valence-corrected chi connectivity index (χ0v) is 38.5. The zero-order chi connectivity index (χ0) is 47.3. The van der Waals surface area contributed by atoms with Crippen LogP contribution >= 0.6 is 7.82 Å². The Balaban J connectivity index is 2.18. The van der Waals surface area contributed by atoms with Gasteiger partial charge in [-0.3, -0.25) is 18.6 Å². The van der Waals surface area contributed by atoms with Crippen molar-refractivity contribution in [2.45, 2.75) is 184 Å². The first kappa shape index (κ1) is 57.3. The molecule has 13 atom stereocenters. The summed E-state index contributed by atoms with van der Waals surface area (Å²) in [5.74, 6) is -4.36. The molecule has 1 aliphatic heterocycles. The number of unbranched alkanes of at least 4 members (excludes halogenated alkanes) is 6. The first-order valence-corrected chi connectivity index (χ1v) is 24.5. The quantitative estimate of drug-likeness (QED) is 0.0314. The molecule has 2 bridgehead atoms. The van der Waals surface area contributed by atoms with Crippen LogP contribution in [0.3, 0.4) is 0 Å². The fraction of sp³-hybridized carbons (Fsp3) is 0.702. The normalized spacial score (nSPS) is 33.0. The fourth-order valence-electron chi connectivity index (χ4n) is 7.25. The lowest BCUT2D eigenvalue weighted by Gasteiger charge is -2.37. The summed E-state index contributed by atoms with van der Waals surface area (Å²) in [6.45, 7) is 2.69. The molecule has 0 amide bonds. The maximum absolute atomic E-state index is 13.4. The van der Waals surface area contributed by atoms with Crippen molar-refractivity contribution in [3.05, 3.63) is 72.9 Å². The summed E-state index contributed by atoms with van der Waals surface area (Å²) in [4.78, 5) is 36.3. The Morgan fingerprint density at radius 2 is 1.36 bits per heavy atom. The van der Waals surface area contributed by atoms with Gasteiger partial charge in [-0.1, -0.05) is 119 Å². The number of aliphatic hydroxyl groups is 8. The average Bonchev–Trinajstić information content (AvgIpc) is 3.26. The van der Waals surface area contributed by atoms with Crippen LogP contribution in [0, 0.1) is 11.8 Å². The summed E-state index contributed by atoms with van der Waals surface area (Å²) in [5.41, 5.74) is 0. The molecule has 0 spiro atoms. The number of ether oxygens (including phenoxy) is 2. The third kappa shape index (κ3) is 23.1. The van der Waals surface area contributed by atoms with Crippen LogP contribution in [0.5, 0.6) is 0 Å². The van der Waals surface area contributed by atoms with Crippen molar-refractivity contribution in [3.63, 3.8) is 0 Å². The first-order chi connectivity index (χ1) is 30.6. The lowest BCUT2D eigenvalue weighted by atomic mass is 9.83. The summed E-state index contributed by atoms with van der Waals surface area (Å²) in [7, 11) is -5.45. The molecule has 1 unspecified atom stereocenters. The van der Waals surface area contributed by atoms with Crippen molar-refractivity contribution in [2.75, 3.05) is 13.2 Å². The number of hydrogen-bond acceptors (Lipinski definition) is 15. The van der Waals surface area contributed by atoms with Crippen LogP contribution in [0.1, 0.15) is 123 Å². The van der Waals surface area contributed by atoms with E-state index < -0.39 is 112 Å². The van der Waals surface area contributed by atoms with Gasteiger partial charge in [-0.25, -0.2) is 4.57 Å². The van der Waals surface area contributed by atoms with Gasteiger partial charge in [0.25, 0.3) is 0 Å². The maximum atomic E-state index is 13.4. The predicted octanol–water partition coefficient (Wildman–Crippen LogP) is 5.10. The molecule has 1 fully saturated rings. The van der Waals surface area contributed by atoms with Crippen molar-refractivity contribution in [1.82, 2.24) is 0 Å². The Morgan fingerprint density at radius 3 is 2.00 bits per heavy atom. The molecule has 0 radical (unpaired) electrons. The smallest absolute Gasteiger partial charge is 0.461 e. The second kappa shape index (κ2) is 32.8. The molecule has 64 heavy (non-hydrogen) atoms. The monoisotopic (exact) mass is 928 g/mol. The highest BCUT2D eigenvalue weighted by atomic mass is 31.2. The Kier molecular flexibility index (Phi) is 29.3. The molecule has 1 aliphatic carbocycles. The third-order valence-corrected chi connectivity index (χ3v) is 12.1. The van der Waals surface area contributed by atoms with E-state index >= 15 is 0 Å². The van der Waals surface area contributed by atoms with Gasteiger partial charge >= 0.3 is 19.8 Å². The minimum Gasteiger partial charge on any atom is -0.461 e. The van der Waals surface area contributed by atoms with Gasteiger partial charge in [-0.05, 0) is 57.8 Å². The highest BCUT2D eigenvalue weighted by Gasteiger charge is 2.49. The largest absolute Gasteiger partial charge is 0.472 e. The number of rotatable bonds is 21. The first-order valence-electron chi connectivity index (χ1n) is 23.0. The number of aliphatic hydroxyl groups excluding tert-OH is 8. The molecule has 17 heteroatoms. The van der Waals surface area contributed by atoms with Crippen LogP contribution in [0.4, 0.5) is 0 Å². The maximum Gasteiger partial charge on any atom is 0.472 e. The number of carbonyl (C=O) groups excluding carboxylic acids is 2. The second-order valence-corrected chi connectivity index (χ2v) is 17.9. The van der Waals surface area contributed by atoms with E-state index in [2.05, 4.69) is 37.3 Å². The fourth-order valence-corrected chi connectivity index (χ4v) is 8.23. The molecular weight excluding hydrogens is 851 g/mol. The van der Waals surface area contributed by atoms with Crippen LogP contribution in [0.2, 0.25) is 0 Å². The molecule has 366 valence electrons. The summed E-state index contributed by atoms with van der Waals surface area (Å²) >= 11 is 0. The number of allylic oxidation sites excluding steroid dienone is 9. The number of phosphoric acid groups is 1. The van der Waals surface area contributed by atoms with Gasteiger partial charge in [0.2, 0.25) is 0 Å². The van der Waals surface area contributed by atoms with Gasteiger partial charge in [-0.15, -0.1) is 0 Å². The molecule has 2 rings (SSSR count). The number of hydrogen-bond donors (Lipinski definition) is 9.